The molecule has 0 unspecified atom stereocenters. The zero-order chi connectivity index (χ0) is 11.0. The van der Waals surface area contributed by atoms with Crippen LogP contribution in [0.3, 0.4) is 0 Å². The molecular formula is C13H14N2O. The van der Waals surface area contributed by atoms with Gasteiger partial charge in [0.25, 0.3) is 0 Å². The maximum absolute atomic E-state index is 10.8. The van der Waals surface area contributed by atoms with Gasteiger partial charge in [-0.15, -0.1) is 0 Å². The Labute approximate surface area is 94.8 Å². The molecule has 0 bridgehead atoms. The lowest BCUT2D eigenvalue weighted by Gasteiger charge is -2.20. The Morgan fingerprint density at radius 3 is 3.00 bits per heavy atom. The minimum Gasteiger partial charge on any atom is -0.328 e. The highest BCUT2D eigenvalue weighted by Crippen LogP contribution is 2.35. The van der Waals surface area contributed by atoms with Gasteiger partial charge in [-0.25, -0.2) is 0 Å². The molecule has 82 valence electrons. The molecule has 3 heteroatoms. The Kier molecular flexibility index (Phi) is 2.24. The SMILES string of the molecule is O=Cc1cccc(N2CCN=C2C2CC2)c1. The van der Waals surface area contributed by atoms with E-state index < -0.39 is 0 Å². The number of rotatable bonds is 3. The van der Waals surface area contributed by atoms with E-state index in [9.17, 15) is 4.79 Å². The summed E-state index contributed by atoms with van der Waals surface area (Å²) in [6.07, 6.45) is 3.43. The summed E-state index contributed by atoms with van der Waals surface area (Å²) in [5, 5.41) is 0. The summed E-state index contributed by atoms with van der Waals surface area (Å²) in [6.45, 7) is 1.84. The van der Waals surface area contributed by atoms with Crippen LogP contribution >= 0.6 is 0 Å². The molecule has 1 aromatic rings. The minimum absolute atomic E-state index is 0.669. The van der Waals surface area contributed by atoms with Crippen molar-refractivity contribution in [2.24, 2.45) is 10.9 Å². The molecule has 0 aromatic heterocycles. The van der Waals surface area contributed by atoms with Crippen molar-refractivity contribution in [1.29, 1.82) is 0 Å². The number of hydrogen-bond acceptors (Lipinski definition) is 3. The normalized spacial score (nSPS) is 19.8. The predicted molar refractivity (Wildman–Crippen MR) is 64.2 cm³/mol. The van der Waals surface area contributed by atoms with Crippen molar-refractivity contribution in [3.05, 3.63) is 29.8 Å². The fraction of sp³-hybridized carbons (Fsp3) is 0.385. The van der Waals surface area contributed by atoms with Crippen molar-refractivity contribution < 1.29 is 4.79 Å². The number of aliphatic imine (C=N–C) groups is 1. The monoisotopic (exact) mass is 214 g/mol. The van der Waals surface area contributed by atoms with E-state index in [4.69, 9.17) is 0 Å². The summed E-state index contributed by atoms with van der Waals surface area (Å²) in [6, 6.07) is 7.76. The van der Waals surface area contributed by atoms with Gasteiger partial charge in [0, 0.05) is 23.7 Å². The molecule has 16 heavy (non-hydrogen) atoms. The molecule has 1 heterocycles. The fourth-order valence-electron chi connectivity index (χ4n) is 2.18. The number of amidine groups is 1. The van der Waals surface area contributed by atoms with E-state index in [2.05, 4.69) is 16.0 Å². The first-order chi connectivity index (χ1) is 7.88. The van der Waals surface area contributed by atoms with Gasteiger partial charge in [0.15, 0.2) is 0 Å². The Morgan fingerprint density at radius 1 is 1.38 bits per heavy atom. The van der Waals surface area contributed by atoms with E-state index in [0.29, 0.717) is 5.92 Å². The second-order valence-corrected chi connectivity index (χ2v) is 4.38. The third-order valence-corrected chi connectivity index (χ3v) is 3.13. The van der Waals surface area contributed by atoms with E-state index >= 15 is 0 Å². The lowest BCUT2D eigenvalue weighted by molar-refractivity contribution is 0.112. The summed E-state index contributed by atoms with van der Waals surface area (Å²) < 4.78 is 0. The van der Waals surface area contributed by atoms with E-state index in [1.165, 1.54) is 18.7 Å². The summed E-state index contributed by atoms with van der Waals surface area (Å²) in [5.74, 6) is 1.89. The van der Waals surface area contributed by atoms with Crippen LogP contribution in [0.1, 0.15) is 23.2 Å². The highest BCUT2D eigenvalue weighted by Gasteiger charge is 2.33. The maximum atomic E-state index is 10.8. The van der Waals surface area contributed by atoms with Gasteiger partial charge in [0.1, 0.15) is 12.1 Å². The van der Waals surface area contributed by atoms with E-state index in [1.54, 1.807) is 0 Å². The maximum Gasteiger partial charge on any atom is 0.150 e. The van der Waals surface area contributed by atoms with Crippen LogP contribution in [0.4, 0.5) is 5.69 Å². The smallest absolute Gasteiger partial charge is 0.150 e. The van der Waals surface area contributed by atoms with Gasteiger partial charge in [-0.2, -0.15) is 0 Å². The molecule has 0 atom stereocenters. The number of anilines is 1. The molecule has 2 aliphatic rings. The first-order valence-electron chi connectivity index (χ1n) is 5.75. The first-order valence-corrected chi connectivity index (χ1v) is 5.75. The van der Waals surface area contributed by atoms with Crippen LogP contribution in [-0.2, 0) is 0 Å². The van der Waals surface area contributed by atoms with Crippen LogP contribution in [0.5, 0.6) is 0 Å². The standard InChI is InChI=1S/C13H14N2O/c16-9-10-2-1-3-12(8-10)15-7-6-14-13(15)11-4-5-11/h1-3,8-9,11H,4-7H2. The molecule has 0 saturated heterocycles. The molecule has 3 nitrogen and oxygen atoms in total. The van der Waals surface area contributed by atoms with Gasteiger partial charge >= 0.3 is 0 Å². The van der Waals surface area contributed by atoms with E-state index in [1.807, 2.05) is 18.2 Å². The quantitative estimate of drug-likeness (QED) is 0.722. The second-order valence-electron chi connectivity index (χ2n) is 4.38. The zero-order valence-electron chi connectivity index (χ0n) is 9.10. The molecule has 0 spiro atoms. The summed E-state index contributed by atoms with van der Waals surface area (Å²) in [4.78, 5) is 17.6. The van der Waals surface area contributed by atoms with Crippen LogP contribution < -0.4 is 4.90 Å². The molecule has 1 saturated carbocycles. The molecule has 1 aliphatic carbocycles. The van der Waals surface area contributed by atoms with E-state index in [0.717, 1.165) is 30.6 Å². The molecule has 0 amide bonds. The van der Waals surface area contributed by atoms with Gasteiger partial charge in [-0.3, -0.25) is 9.79 Å². The van der Waals surface area contributed by atoms with Gasteiger partial charge in [0.05, 0.1) is 6.54 Å². The average Bonchev–Trinajstić information content (AvgIpc) is 3.07. The van der Waals surface area contributed by atoms with Crippen molar-refractivity contribution >= 4 is 17.8 Å². The first kappa shape index (κ1) is 9.58. The van der Waals surface area contributed by atoms with Crippen LogP contribution in [0.15, 0.2) is 29.3 Å². The average molecular weight is 214 g/mol. The topological polar surface area (TPSA) is 32.7 Å². The van der Waals surface area contributed by atoms with Crippen molar-refractivity contribution in [2.75, 3.05) is 18.0 Å². The third-order valence-electron chi connectivity index (χ3n) is 3.13. The lowest BCUT2D eigenvalue weighted by Crippen LogP contribution is -2.28. The summed E-state index contributed by atoms with van der Waals surface area (Å²) >= 11 is 0. The van der Waals surface area contributed by atoms with Crippen LogP contribution in [0.2, 0.25) is 0 Å². The van der Waals surface area contributed by atoms with Gasteiger partial charge in [0.2, 0.25) is 0 Å². The molecular weight excluding hydrogens is 200 g/mol. The fourth-order valence-corrected chi connectivity index (χ4v) is 2.18. The number of carbonyl (C=O) groups excluding carboxylic acids is 1. The Morgan fingerprint density at radius 2 is 2.25 bits per heavy atom. The summed E-state index contributed by atoms with van der Waals surface area (Å²) in [7, 11) is 0. The molecule has 1 fully saturated rings. The Hall–Kier alpha value is -1.64. The molecule has 1 aliphatic heterocycles. The Balaban J connectivity index is 1.90. The van der Waals surface area contributed by atoms with Gasteiger partial charge < -0.3 is 4.90 Å². The largest absolute Gasteiger partial charge is 0.328 e. The van der Waals surface area contributed by atoms with Crippen molar-refractivity contribution in [3.63, 3.8) is 0 Å². The zero-order valence-corrected chi connectivity index (χ0v) is 9.10. The van der Waals surface area contributed by atoms with Crippen LogP contribution in [-0.4, -0.2) is 25.2 Å². The number of nitrogens with zero attached hydrogens (tertiary/aromatic N) is 2. The lowest BCUT2D eigenvalue weighted by atomic mass is 10.2. The van der Waals surface area contributed by atoms with Crippen molar-refractivity contribution in [3.8, 4) is 0 Å². The molecule has 0 radical (unpaired) electrons. The van der Waals surface area contributed by atoms with Gasteiger partial charge in [-0.05, 0) is 25.0 Å². The predicted octanol–water partition coefficient (Wildman–Crippen LogP) is 2.13. The number of hydrogen-bond donors (Lipinski definition) is 0. The van der Waals surface area contributed by atoms with E-state index in [-0.39, 0.29) is 0 Å². The Bertz CT molecular complexity index is 449. The summed E-state index contributed by atoms with van der Waals surface area (Å²) in [5.41, 5.74) is 1.84. The molecule has 0 N–H and O–H groups in total. The van der Waals surface area contributed by atoms with Gasteiger partial charge in [-0.1, -0.05) is 12.1 Å². The van der Waals surface area contributed by atoms with Crippen LogP contribution in [0.25, 0.3) is 0 Å². The highest BCUT2D eigenvalue weighted by atomic mass is 16.1. The van der Waals surface area contributed by atoms with Crippen LogP contribution in [0, 0.1) is 5.92 Å². The number of aldehydes is 1. The highest BCUT2D eigenvalue weighted by molar-refractivity contribution is 6.02. The minimum atomic E-state index is 0.669. The number of carbonyl (C=O) groups is 1. The number of benzene rings is 1. The molecule has 1 aromatic carbocycles. The van der Waals surface area contributed by atoms with Crippen molar-refractivity contribution in [1.82, 2.24) is 0 Å². The van der Waals surface area contributed by atoms with Crippen molar-refractivity contribution in [2.45, 2.75) is 12.8 Å². The molecule has 3 rings (SSSR count). The third kappa shape index (κ3) is 1.62. The second kappa shape index (κ2) is 3.74.